The summed E-state index contributed by atoms with van der Waals surface area (Å²) in [4.78, 5) is 2.51. The summed E-state index contributed by atoms with van der Waals surface area (Å²) in [5.41, 5.74) is 8.60. The number of aryl methyl sites for hydroxylation is 3. The van der Waals surface area contributed by atoms with E-state index in [1.54, 1.807) is 0 Å². The predicted molar refractivity (Wildman–Crippen MR) is 81.8 cm³/mol. The normalized spacial score (nSPS) is 13.7. The largest absolute Gasteiger partial charge is 0.367 e. The molecule has 2 aromatic rings. The molecule has 0 bridgehead atoms. The van der Waals surface area contributed by atoms with Crippen LogP contribution in [0, 0.1) is 20.8 Å². The Balaban J connectivity index is 1.92. The highest BCUT2D eigenvalue weighted by Gasteiger charge is 2.19. The fourth-order valence-electron chi connectivity index (χ4n) is 3.22. The Bertz CT molecular complexity index is 590. The summed E-state index contributed by atoms with van der Waals surface area (Å²) < 4.78 is 0. The number of hydrogen-bond donors (Lipinski definition) is 0. The molecule has 1 aliphatic rings. The third kappa shape index (κ3) is 2.25. The number of fused-ring (bicyclic) bond motifs is 1. The molecule has 1 aliphatic heterocycles. The summed E-state index contributed by atoms with van der Waals surface area (Å²) in [7, 11) is 0. The van der Waals surface area contributed by atoms with Gasteiger partial charge in [-0.05, 0) is 55.5 Å². The molecule has 0 saturated carbocycles. The Morgan fingerprint density at radius 1 is 1.00 bits per heavy atom. The van der Waals surface area contributed by atoms with Crippen molar-refractivity contribution in [2.75, 3.05) is 11.4 Å². The van der Waals surface area contributed by atoms with E-state index in [0.29, 0.717) is 0 Å². The second-order valence-corrected chi connectivity index (χ2v) is 5.68. The summed E-state index contributed by atoms with van der Waals surface area (Å²) >= 11 is 0. The molecule has 3 rings (SSSR count). The van der Waals surface area contributed by atoms with Crippen molar-refractivity contribution in [1.82, 2.24) is 0 Å². The van der Waals surface area contributed by atoms with Gasteiger partial charge in [0.1, 0.15) is 0 Å². The minimum Gasteiger partial charge on any atom is -0.367 e. The van der Waals surface area contributed by atoms with E-state index in [-0.39, 0.29) is 0 Å². The van der Waals surface area contributed by atoms with Gasteiger partial charge >= 0.3 is 0 Å². The fourth-order valence-corrected chi connectivity index (χ4v) is 3.22. The second kappa shape index (κ2) is 4.73. The average molecular weight is 251 g/mol. The Kier molecular flexibility index (Phi) is 3.06. The first-order chi connectivity index (χ1) is 9.15. The smallest absolute Gasteiger partial charge is 0.0434 e. The summed E-state index contributed by atoms with van der Waals surface area (Å²) in [5, 5.41) is 0. The van der Waals surface area contributed by atoms with Crippen LogP contribution in [0.15, 0.2) is 36.4 Å². The highest BCUT2D eigenvalue weighted by molar-refractivity contribution is 5.58. The van der Waals surface area contributed by atoms with Crippen molar-refractivity contribution in [1.29, 1.82) is 0 Å². The van der Waals surface area contributed by atoms with Crippen molar-refractivity contribution in [3.8, 4) is 0 Å². The molecule has 0 aromatic heterocycles. The molecule has 0 aliphatic carbocycles. The van der Waals surface area contributed by atoms with Crippen LogP contribution in [0.4, 0.5) is 5.69 Å². The molecule has 98 valence electrons. The quantitative estimate of drug-likeness (QED) is 0.774. The summed E-state index contributed by atoms with van der Waals surface area (Å²) in [6.07, 6.45) is 1.18. The Labute approximate surface area is 115 Å². The van der Waals surface area contributed by atoms with Crippen molar-refractivity contribution < 1.29 is 0 Å². The van der Waals surface area contributed by atoms with Gasteiger partial charge in [0, 0.05) is 18.8 Å². The van der Waals surface area contributed by atoms with Crippen LogP contribution in [0.5, 0.6) is 0 Å². The molecule has 19 heavy (non-hydrogen) atoms. The maximum Gasteiger partial charge on any atom is 0.0434 e. The number of para-hydroxylation sites is 1. The van der Waals surface area contributed by atoms with Gasteiger partial charge in [-0.25, -0.2) is 0 Å². The first kappa shape index (κ1) is 12.3. The van der Waals surface area contributed by atoms with Crippen molar-refractivity contribution in [3.05, 3.63) is 64.2 Å². The maximum absolute atomic E-state index is 2.51. The van der Waals surface area contributed by atoms with Crippen LogP contribution in [0.1, 0.15) is 27.8 Å². The molecule has 0 fully saturated rings. The predicted octanol–water partition coefficient (Wildman–Crippen LogP) is 4.17. The standard InChI is InChI=1S/C18H21N/c1-13-10-14(2)17(15(3)11-13)12-19-9-8-16-6-4-5-7-18(16)19/h4-7,10-11H,8-9,12H2,1-3H3. The molecule has 0 spiro atoms. The minimum atomic E-state index is 1.04. The van der Waals surface area contributed by atoms with Crippen molar-refractivity contribution >= 4 is 5.69 Å². The number of rotatable bonds is 2. The van der Waals surface area contributed by atoms with Crippen LogP contribution in [0.2, 0.25) is 0 Å². The molecule has 2 aromatic carbocycles. The van der Waals surface area contributed by atoms with Crippen molar-refractivity contribution in [2.45, 2.75) is 33.7 Å². The lowest BCUT2D eigenvalue weighted by molar-refractivity contribution is 0.826. The van der Waals surface area contributed by atoms with Gasteiger partial charge in [-0.3, -0.25) is 0 Å². The van der Waals surface area contributed by atoms with Crippen molar-refractivity contribution in [3.63, 3.8) is 0 Å². The minimum absolute atomic E-state index is 1.04. The lowest BCUT2D eigenvalue weighted by Crippen LogP contribution is -2.21. The molecule has 0 amide bonds. The molecule has 0 unspecified atom stereocenters. The molecule has 0 saturated heterocycles. The van der Waals surface area contributed by atoms with Gasteiger partial charge in [-0.2, -0.15) is 0 Å². The topological polar surface area (TPSA) is 3.24 Å². The van der Waals surface area contributed by atoms with Gasteiger partial charge < -0.3 is 4.90 Å². The van der Waals surface area contributed by atoms with Crippen LogP contribution < -0.4 is 4.90 Å². The monoisotopic (exact) mass is 251 g/mol. The molecular weight excluding hydrogens is 230 g/mol. The van der Waals surface area contributed by atoms with Crippen LogP contribution in [0.3, 0.4) is 0 Å². The van der Waals surface area contributed by atoms with E-state index in [1.807, 2.05) is 0 Å². The first-order valence-electron chi connectivity index (χ1n) is 7.05. The van der Waals surface area contributed by atoms with Gasteiger partial charge in [0.25, 0.3) is 0 Å². The fraction of sp³-hybridized carbons (Fsp3) is 0.333. The molecule has 0 N–H and O–H groups in total. The third-order valence-electron chi connectivity index (χ3n) is 4.17. The Hall–Kier alpha value is -1.76. The molecule has 1 heteroatoms. The molecule has 0 atom stereocenters. The van der Waals surface area contributed by atoms with E-state index < -0.39 is 0 Å². The van der Waals surface area contributed by atoms with Gasteiger partial charge in [-0.15, -0.1) is 0 Å². The zero-order chi connectivity index (χ0) is 13.4. The number of benzene rings is 2. The summed E-state index contributed by atoms with van der Waals surface area (Å²) in [6, 6.07) is 13.4. The van der Waals surface area contributed by atoms with Gasteiger partial charge in [0.05, 0.1) is 0 Å². The van der Waals surface area contributed by atoms with Gasteiger partial charge in [0.15, 0.2) is 0 Å². The number of hydrogen-bond acceptors (Lipinski definition) is 1. The summed E-state index contributed by atoms with van der Waals surface area (Å²) in [5.74, 6) is 0. The summed E-state index contributed by atoms with van der Waals surface area (Å²) in [6.45, 7) is 8.82. The van der Waals surface area contributed by atoms with Gasteiger partial charge in [-0.1, -0.05) is 35.9 Å². The van der Waals surface area contributed by atoms with E-state index >= 15 is 0 Å². The van der Waals surface area contributed by atoms with Gasteiger partial charge in [0.2, 0.25) is 0 Å². The molecule has 1 nitrogen and oxygen atoms in total. The van der Waals surface area contributed by atoms with E-state index in [1.165, 1.54) is 39.9 Å². The maximum atomic E-state index is 2.51. The number of anilines is 1. The second-order valence-electron chi connectivity index (χ2n) is 5.68. The zero-order valence-electron chi connectivity index (χ0n) is 12.0. The lowest BCUT2D eigenvalue weighted by atomic mass is 9.99. The molecule has 1 heterocycles. The van der Waals surface area contributed by atoms with E-state index in [0.717, 1.165) is 13.1 Å². The zero-order valence-corrected chi connectivity index (χ0v) is 12.0. The van der Waals surface area contributed by atoms with Crippen molar-refractivity contribution in [2.24, 2.45) is 0 Å². The third-order valence-corrected chi connectivity index (χ3v) is 4.17. The highest BCUT2D eigenvalue weighted by atomic mass is 15.1. The van der Waals surface area contributed by atoms with Crippen LogP contribution >= 0.6 is 0 Å². The molecule has 0 radical (unpaired) electrons. The van der Waals surface area contributed by atoms with E-state index in [9.17, 15) is 0 Å². The van der Waals surface area contributed by atoms with E-state index in [2.05, 4.69) is 62.1 Å². The number of nitrogens with zero attached hydrogens (tertiary/aromatic N) is 1. The SMILES string of the molecule is Cc1cc(C)c(CN2CCc3ccccc32)c(C)c1. The Morgan fingerprint density at radius 2 is 1.68 bits per heavy atom. The average Bonchev–Trinajstić information content (AvgIpc) is 2.77. The van der Waals surface area contributed by atoms with Crippen LogP contribution in [-0.4, -0.2) is 6.54 Å². The Morgan fingerprint density at radius 3 is 2.42 bits per heavy atom. The van der Waals surface area contributed by atoms with E-state index in [4.69, 9.17) is 0 Å². The van der Waals surface area contributed by atoms with Crippen LogP contribution in [-0.2, 0) is 13.0 Å². The lowest BCUT2D eigenvalue weighted by Gasteiger charge is -2.22. The first-order valence-corrected chi connectivity index (χ1v) is 7.05. The highest BCUT2D eigenvalue weighted by Crippen LogP contribution is 2.30. The molecular formula is C18H21N. The van der Waals surface area contributed by atoms with Crippen LogP contribution in [0.25, 0.3) is 0 Å².